The first-order chi connectivity index (χ1) is 11.5. The summed E-state index contributed by atoms with van der Waals surface area (Å²) in [4.78, 5) is 27.9. The third kappa shape index (κ3) is 4.35. The minimum atomic E-state index is -0.699. The molecular weight excluding hydrogens is 352 g/mol. The molecule has 0 fully saturated rings. The highest BCUT2D eigenvalue weighted by Gasteiger charge is 2.17. The summed E-state index contributed by atoms with van der Waals surface area (Å²) in [5, 5.41) is 18.3. The second-order valence-electron chi connectivity index (χ2n) is 4.21. The van der Waals surface area contributed by atoms with E-state index < -0.39 is 11.8 Å². The van der Waals surface area contributed by atoms with Gasteiger partial charge < -0.3 is 4.18 Å². The summed E-state index contributed by atoms with van der Waals surface area (Å²) in [6.07, 6.45) is 0. The molecule has 0 saturated carbocycles. The summed E-state index contributed by atoms with van der Waals surface area (Å²) in [5.41, 5.74) is 2.36. The van der Waals surface area contributed by atoms with Crippen molar-refractivity contribution in [3.8, 4) is 6.07 Å². The Morgan fingerprint density at radius 1 is 1.46 bits per heavy atom. The number of anilines is 1. The van der Waals surface area contributed by atoms with Crippen molar-refractivity contribution in [2.75, 3.05) is 5.43 Å². The van der Waals surface area contributed by atoms with Gasteiger partial charge in [-0.2, -0.15) is 14.7 Å². The summed E-state index contributed by atoms with van der Waals surface area (Å²) in [7, 11) is 0. The first kappa shape index (κ1) is 17.5. The maximum absolute atomic E-state index is 12.3. The molecule has 9 nitrogen and oxygen atoms in total. The van der Waals surface area contributed by atoms with Crippen molar-refractivity contribution in [2.45, 2.75) is 6.92 Å². The van der Waals surface area contributed by atoms with Gasteiger partial charge in [0.05, 0.1) is 5.56 Å². The zero-order valence-corrected chi connectivity index (χ0v) is 13.8. The number of aromatic nitrogens is 2. The molecule has 0 aliphatic rings. The third-order valence-electron chi connectivity index (χ3n) is 2.60. The monoisotopic (exact) mass is 362 g/mol. The number of nitrogens with zero attached hydrogens (tertiary/aromatic N) is 4. The van der Waals surface area contributed by atoms with Gasteiger partial charge in [0.2, 0.25) is 16.6 Å². The molecule has 1 heterocycles. The van der Waals surface area contributed by atoms with Crippen LogP contribution in [-0.2, 0) is 4.18 Å². The van der Waals surface area contributed by atoms with E-state index in [4.69, 9.17) is 10.4 Å². The van der Waals surface area contributed by atoms with E-state index >= 15 is 0 Å². The number of rotatable bonds is 6. The van der Waals surface area contributed by atoms with Crippen molar-refractivity contribution in [2.24, 2.45) is 10.2 Å². The maximum atomic E-state index is 12.3. The van der Waals surface area contributed by atoms with Crippen molar-refractivity contribution in [3.63, 3.8) is 0 Å². The van der Waals surface area contributed by atoms with Crippen LogP contribution in [0.25, 0.3) is 0 Å². The number of aryl methyl sites for hydroxylation is 1. The Bertz CT molecular complexity index is 842. The molecule has 2 rings (SSSR count). The molecule has 11 heteroatoms. The third-order valence-corrected chi connectivity index (χ3v) is 3.55. The first-order valence-corrected chi connectivity index (χ1v) is 7.89. The van der Waals surface area contributed by atoms with Gasteiger partial charge in [-0.15, -0.1) is 0 Å². The number of hydrogen-bond donors (Lipinski definition) is 2. The Hall–Kier alpha value is -2.81. The quantitative estimate of drug-likeness (QED) is 0.258. The van der Waals surface area contributed by atoms with Gasteiger partial charge in [-0.3, -0.25) is 4.79 Å². The molecule has 0 radical (unpaired) electrons. The standard InChI is InChI=1S/C13H10N6O3S2/c1-7-16-13(23-19-7)18-17-10(6-14)11(20)8-3-2-4-9(5-8)12(21)22-24-15/h2-5H,15H2,1H3,(H,16,18,19)/b17-10+. The van der Waals surface area contributed by atoms with E-state index in [2.05, 4.69) is 24.1 Å². The Balaban J connectivity index is 2.20. The van der Waals surface area contributed by atoms with Crippen molar-refractivity contribution >= 4 is 46.4 Å². The molecule has 0 saturated heterocycles. The van der Waals surface area contributed by atoms with E-state index in [9.17, 15) is 9.59 Å². The summed E-state index contributed by atoms with van der Waals surface area (Å²) >= 11 is 1.45. The van der Waals surface area contributed by atoms with E-state index in [-0.39, 0.29) is 16.8 Å². The highest BCUT2D eigenvalue weighted by Crippen LogP contribution is 2.12. The minimum Gasteiger partial charge on any atom is -0.371 e. The average molecular weight is 362 g/mol. The molecule has 3 N–H and O–H groups in total. The second kappa shape index (κ2) is 8.16. The largest absolute Gasteiger partial charge is 0.371 e. The number of nitrogens with two attached hydrogens (primary N) is 1. The molecule has 122 valence electrons. The fourth-order valence-electron chi connectivity index (χ4n) is 1.59. The average Bonchev–Trinajstić information content (AvgIpc) is 3.01. The van der Waals surface area contributed by atoms with Crippen LogP contribution in [0.15, 0.2) is 29.4 Å². The van der Waals surface area contributed by atoms with Crippen LogP contribution < -0.4 is 10.6 Å². The number of ketones is 1. The van der Waals surface area contributed by atoms with Crippen LogP contribution in [0.4, 0.5) is 5.13 Å². The summed E-state index contributed by atoms with van der Waals surface area (Å²) < 4.78 is 8.52. The van der Waals surface area contributed by atoms with E-state index in [1.165, 1.54) is 24.3 Å². The predicted molar refractivity (Wildman–Crippen MR) is 89.3 cm³/mol. The maximum Gasteiger partial charge on any atom is 0.351 e. The molecule has 0 bridgehead atoms. The van der Waals surface area contributed by atoms with Crippen LogP contribution in [-0.4, -0.2) is 26.8 Å². The normalized spacial score (nSPS) is 10.8. The molecule has 0 unspecified atom stereocenters. The summed E-state index contributed by atoms with van der Waals surface area (Å²) in [6, 6.07) is 7.40. The van der Waals surface area contributed by atoms with Crippen LogP contribution in [0.1, 0.15) is 26.5 Å². The predicted octanol–water partition coefficient (Wildman–Crippen LogP) is 1.70. The molecule has 0 aliphatic heterocycles. The van der Waals surface area contributed by atoms with E-state index in [0.717, 1.165) is 11.5 Å². The van der Waals surface area contributed by atoms with E-state index in [1.807, 2.05) is 0 Å². The number of benzene rings is 1. The van der Waals surface area contributed by atoms with Crippen molar-refractivity contribution in [1.82, 2.24) is 9.36 Å². The number of hydrazone groups is 1. The first-order valence-electron chi connectivity index (χ1n) is 6.31. The van der Waals surface area contributed by atoms with Gasteiger partial charge in [-0.1, -0.05) is 12.1 Å². The number of nitrogens with one attached hydrogen (secondary N) is 1. The lowest BCUT2D eigenvalue weighted by molar-refractivity contribution is 0.0768. The fourth-order valence-corrected chi connectivity index (χ4v) is 2.29. The lowest BCUT2D eigenvalue weighted by Crippen LogP contribution is -2.15. The molecule has 1 aromatic heterocycles. The van der Waals surface area contributed by atoms with Gasteiger partial charge in [-0.05, 0) is 19.1 Å². The Labute approximate surface area is 145 Å². The molecule has 24 heavy (non-hydrogen) atoms. The molecule has 0 amide bonds. The van der Waals surface area contributed by atoms with Crippen molar-refractivity contribution < 1.29 is 13.8 Å². The van der Waals surface area contributed by atoms with Crippen molar-refractivity contribution in [3.05, 3.63) is 41.2 Å². The van der Waals surface area contributed by atoms with Crippen LogP contribution >= 0.6 is 23.8 Å². The summed E-state index contributed by atoms with van der Waals surface area (Å²) in [5.74, 6) is -0.803. The topological polar surface area (TPSA) is 143 Å². The number of Topliss-reactive ketones (excluding diaryl/α,β-unsaturated/α-hetero) is 1. The van der Waals surface area contributed by atoms with Crippen molar-refractivity contribution in [1.29, 1.82) is 5.26 Å². The fraction of sp³-hybridized carbons (Fsp3) is 0.0769. The van der Waals surface area contributed by atoms with Crippen LogP contribution in [0.5, 0.6) is 0 Å². The van der Waals surface area contributed by atoms with Gasteiger partial charge in [0.25, 0.3) is 0 Å². The second-order valence-corrected chi connectivity index (χ2v) is 5.32. The molecule has 0 atom stereocenters. The van der Waals surface area contributed by atoms with E-state index in [0.29, 0.717) is 23.2 Å². The molecule has 0 aliphatic carbocycles. The molecular formula is C13H10N6O3S2. The molecule has 0 spiro atoms. The van der Waals surface area contributed by atoms with Crippen LogP contribution in [0.2, 0.25) is 0 Å². The van der Waals surface area contributed by atoms with Crippen LogP contribution in [0, 0.1) is 18.3 Å². The van der Waals surface area contributed by atoms with Gasteiger partial charge >= 0.3 is 5.97 Å². The molecule has 2 aromatic rings. The highest BCUT2D eigenvalue weighted by atomic mass is 32.2. The zero-order chi connectivity index (χ0) is 17.5. The highest BCUT2D eigenvalue weighted by molar-refractivity contribution is 7.92. The minimum absolute atomic E-state index is 0.113. The van der Waals surface area contributed by atoms with E-state index in [1.54, 1.807) is 13.0 Å². The summed E-state index contributed by atoms with van der Waals surface area (Å²) in [6.45, 7) is 1.70. The smallest absolute Gasteiger partial charge is 0.351 e. The Morgan fingerprint density at radius 3 is 2.83 bits per heavy atom. The lowest BCUT2D eigenvalue weighted by atomic mass is 10.0. The zero-order valence-electron chi connectivity index (χ0n) is 12.2. The Morgan fingerprint density at radius 2 is 2.21 bits per heavy atom. The molecule has 1 aromatic carbocycles. The van der Waals surface area contributed by atoms with Crippen LogP contribution in [0.3, 0.4) is 0 Å². The number of carbonyl (C=O) groups excluding carboxylic acids is 2. The van der Waals surface area contributed by atoms with Gasteiger partial charge in [-0.25, -0.2) is 20.3 Å². The van der Waals surface area contributed by atoms with Gasteiger partial charge in [0.1, 0.15) is 24.1 Å². The SMILES string of the molecule is Cc1nsc(N/N=C(\C#N)C(=O)c2cccc(C(=O)OSN)c2)n1. The number of carbonyl (C=O) groups is 2. The number of nitriles is 1. The Kier molecular flexibility index (Phi) is 5.96. The lowest BCUT2D eigenvalue weighted by Gasteiger charge is -2.02. The number of hydrogen-bond acceptors (Lipinski definition) is 11. The van der Waals surface area contributed by atoms with Gasteiger partial charge in [0, 0.05) is 17.1 Å². The van der Waals surface area contributed by atoms with Gasteiger partial charge in [0.15, 0.2) is 0 Å².